The summed E-state index contributed by atoms with van der Waals surface area (Å²) in [5, 5.41) is 14.2. The van der Waals surface area contributed by atoms with E-state index in [0.717, 1.165) is 9.90 Å². The first-order chi connectivity index (χ1) is 7.90. The van der Waals surface area contributed by atoms with E-state index in [9.17, 15) is 4.79 Å². The van der Waals surface area contributed by atoms with Crippen LogP contribution in [0.15, 0.2) is 11.4 Å². The lowest BCUT2D eigenvalue weighted by Crippen LogP contribution is -2.39. The lowest BCUT2D eigenvalue weighted by molar-refractivity contribution is -0.140. The van der Waals surface area contributed by atoms with Crippen molar-refractivity contribution in [3.8, 4) is 0 Å². The van der Waals surface area contributed by atoms with E-state index < -0.39 is 12.0 Å². The van der Waals surface area contributed by atoms with Crippen LogP contribution in [0.4, 0.5) is 0 Å². The molecule has 0 aliphatic heterocycles. The van der Waals surface area contributed by atoms with Crippen LogP contribution in [-0.4, -0.2) is 17.1 Å². The first-order valence-electron chi connectivity index (χ1n) is 5.63. The molecule has 3 nitrogen and oxygen atoms in total. The first-order valence-corrected chi connectivity index (χ1v) is 6.88. The standard InChI is InChI=1S/C12H18ClNO2S/c1-7(2)4-10(12(15)16)14-8(3)9-5-11(13)17-6-9/h5-8,10,14H,4H2,1-3H3,(H,15,16). The van der Waals surface area contributed by atoms with Gasteiger partial charge >= 0.3 is 5.97 Å². The van der Waals surface area contributed by atoms with Crippen LogP contribution in [0.5, 0.6) is 0 Å². The number of hydrogen-bond donors (Lipinski definition) is 2. The molecule has 0 saturated carbocycles. The zero-order valence-electron chi connectivity index (χ0n) is 10.2. The number of carboxylic acids is 1. The number of aliphatic carboxylic acids is 1. The minimum Gasteiger partial charge on any atom is -0.480 e. The zero-order valence-corrected chi connectivity index (χ0v) is 11.8. The largest absolute Gasteiger partial charge is 0.480 e. The van der Waals surface area contributed by atoms with Gasteiger partial charge in [-0.2, -0.15) is 0 Å². The summed E-state index contributed by atoms with van der Waals surface area (Å²) in [4.78, 5) is 11.1. The van der Waals surface area contributed by atoms with Gasteiger partial charge < -0.3 is 5.11 Å². The van der Waals surface area contributed by atoms with Crippen LogP contribution in [0.25, 0.3) is 0 Å². The third-order valence-electron chi connectivity index (χ3n) is 2.54. The lowest BCUT2D eigenvalue weighted by atomic mass is 10.0. The number of carboxylic acid groups (broad SMARTS) is 1. The van der Waals surface area contributed by atoms with Crippen molar-refractivity contribution in [1.82, 2.24) is 5.32 Å². The molecule has 0 saturated heterocycles. The van der Waals surface area contributed by atoms with Crippen LogP contribution >= 0.6 is 22.9 Å². The van der Waals surface area contributed by atoms with Gasteiger partial charge in [-0.05, 0) is 36.3 Å². The highest BCUT2D eigenvalue weighted by molar-refractivity contribution is 7.14. The molecule has 0 amide bonds. The number of nitrogens with one attached hydrogen (secondary N) is 1. The molecule has 96 valence electrons. The van der Waals surface area contributed by atoms with Crippen molar-refractivity contribution in [3.05, 3.63) is 21.3 Å². The summed E-state index contributed by atoms with van der Waals surface area (Å²) in [6.07, 6.45) is 0.623. The highest BCUT2D eigenvalue weighted by Gasteiger charge is 2.21. The van der Waals surface area contributed by atoms with Gasteiger partial charge in [0.05, 0.1) is 4.34 Å². The van der Waals surface area contributed by atoms with Crippen LogP contribution < -0.4 is 5.32 Å². The van der Waals surface area contributed by atoms with Crippen molar-refractivity contribution >= 4 is 28.9 Å². The third-order valence-corrected chi connectivity index (χ3v) is 3.65. The van der Waals surface area contributed by atoms with E-state index in [0.29, 0.717) is 12.3 Å². The number of carbonyl (C=O) groups is 1. The second kappa shape index (κ2) is 6.38. The lowest BCUT2D eigenvalue weighted by Gasteiger charge is -2.21. The van der Waals surface area contributed by atoms with Gasteiger partial charge in [-0.1, -0.05) is 25.4 Å². The van der Waals surface area contributed by atoms with Gasteiger partial charge in [-0.15, -0.1) is 11.3 Å². The smallest absolute Gasteiger partial charge is 0.320 e. The SMILES string of the molecule is CC(C)CC(NC(C)c1csc(Cl)c1)C(=O)O. The Kier molecular flexibility index (Phi) is 5.43. The van der Waals surface area contributed by atoms with E-state index >= 15 is 0 Å². The van der Waals surface area contributed by atoms with Crippen LogP contribution in [0, 0.1) is 5.92 Å². The summed E-state index contributed by atoms with van der Waals surface area (Å²) < 4.78 is 0.726. The second-order valence-electron chi connectivity index (χ2n) is 4.59. The van der Waals surface area contributed by atoms with E-state index in [2.05, 4.69) is 5.32 Å². The van der Waals surface area contributed by atoms with Crippen LogP contribution in [0.3, 0.4) is 0 Å². The average molecular weight is 276 g/mol. The quantitative estimate of drug-likeness (QED) is 0.835. The Morgan fingerprint density at radius 3 is 2.59 bits per heavy atom. The molecule has 0 fully saturated rings. The number of rotatable bonds is 6. The number of halogens is 1. The molecule has 0 spiro atoms. The van der Waals surface area contributed by atoms with Crippen LogP contribution in [-0.2, 0) is 4.79 Å². The fourth-order valence-electron chi connectivity index (χ4n) is 1.66. The molecule has 1 heterocycles. The molecule has 17 heavy (non-hydrogen) atoms. The van der Waals surface area contributed by atoms with E-state index in [1.54, 1.807) is 0 Å². The maximum absolute atomic E-state index is 11.1. The normalized spacial score (nSPS) is 14.9. The molecule has 5 heteroatoms. The minimum absolute atomic E-state index is 0.00130. The monoisotopic (exact) mass is 275 g/mol. The fraction of sp³-hybridized carbons (Fsp3) is 0.583. The molecule has 1 aromatic heterocycles. The number of hydrogen-bond acceptors (Lipinski definition) is 3. The third kappa shape index (κ3) is 4.66. The Bertz CT molecular complexity index is 378. The Balaban J connectivity index is 2.63. The molecule has 1 aromatic rings. The van der Waals surface area contributed by atoms with Gasteiger partial charge in [0.1, 0.15) is 6.04 Å². The summed E-state index contributed by atoms with van der Waals surface area (Å²) >= 11 is 7.32. The Morgan fingerprint density at radius 1 is 1.53 bits per heavy atom. The molecule has 0 bridgehead atoms. The molecule has 0 aromatic carbocycles. The second-order valence-corrected chi connectivity index (χ2v) is 6.14. The molecule has 2 N–H and O–H groups in total. The van der Waals surface area contributed by atoms with Gasteiger partial charge in [0.2, 0.25) is 0 Å². The van der Waals surface area contributed by atoms with Crippen molar-refractivity contribution < 1.29 is 9.90 Å². The minimum atomic E-state index is -0.799. The Morgan fingerprint density at radius 2 is 2.18 bits per heavy atom. The molecule has 0 radical (unpaired) electrons. The van der Waals surface area contributed by atoms with E-state index in [1.165, 1.54) is 11.3 Å². The maximum atomic E-state index is 11.1. The summed E-state index contributed by atoms with van der Waals surface area (Å²) in [5.41, 5.74) is 1.04. The summed E-state index contributed by atoms with van der Waals surface area (Å²) in [6.45, 7) is 5.99. The highest BCUT2D eigenvalue weighted by atomic mass is 35.5. The van der Waals surface area contributed by atoms with Crippen molar-refractivity contribution in [2.75, 3.05) is 0 Å². The van der Waals surface area contributed by atoms with Crippen molar-refractivity contribution in [2.45, 2.75) is 39.3 Å². The van der Waals surface area contributed by atoms with E-state index in [1.807, 2.05) is 32.2 Å². The molecule has 2 atom stereocenters. The van der Waals surface area contributed by atoms with Crippen molar-refractivity contribution in [2.24, 2.45) is 5.92 Å². The highest BCUT2D eigenvalue weighted by Crippen LogP contribution is 2.25. The van der Waals surface area contributed by atoms with Gasteiger partial charge in [0.15, 0.2) is 0 Å². The molecule has 1 rings (SSSR count). The molecule has 2 unspecified atom stereocenters. The Hall–Kier alpha value is -0.580. The van der Waals surface area contributed by atoms with Gasteiger partial charge in [0, 0.05) is 6.04 Å². The molecule has 0 aliphatic rings. The van der Waals surface area contributed by atoms with E-state index in [-0.39, 0.29) is 6.04 Å². The Labute approximate surface area is 111 Å². The van der Waals surface area contributed by atoms with Crippen LogP contribution in [0.1, 0.15) is 38.8 Å². The van der Waals surface area contributed by atoms with E-state index in [4.69, 9.17) is 16.7 Å². The average Bonchev–Trinajstić information content (AvgIpc) is 2.63. The predicted octanol–water partition coefficient (Wildman–Crippen LogP) is 3.55. The van der Waals surface area contributed by atoms with Gasteiger partial charge in [-0.3, -0.25) is 10.1 Å². The summed E-state index contributed by atoms with van der Waals surface area (Å²) in [5.74, 6) is -0.450. The topological polar surface area (TPSA) is 49.3 Å². The van der Waals surface area contributed by atoms with Gasteiger partial charge in [0.25, 0.3) is 0 Å². The summed E-state index contributed by atoms with van der Waals surface area (Å²) in [6, 6.07) is 1.36. The zero-order chi connectivity index (χ0) is 13.0. The van der Waals surface area contributed by atoms with Crippen molar-refractivity contribution in [3.63, 3.8) is 0 Å². The molecule has 0 aliphatic carbocycles. The van der Waals surface area contributed by atoms with Crippen molar-refractivity contribution in [1.29, 1.82) is 0 Å². The van der Waals surface area contributed by atoms with Crippen LogP contribution in [0.2, 0.25) is 4.34 Å². The number of thiophene rings is 1. The predicted molar refractivity (Wildman–Crippen MR) is 71.8 cm³/mol. The first kappa shape index (κ1) is 14.5. The summed E-state index contributed by atoms with van der Waals surface area (Å²) in [7, 11) is 0. The maximum Gasteiger partial charge on any atom is 0.320 e. The van der Waals surface area contributed by atoms with Gasteiger partial charge in [-0.25, -0.2) is 0 Å². The molecular weight excluding hydrogens is 258 g/mol. The molecular formula is C12H18ClNO2S. The fourth-order valence-corrected chi connectivity index (χ4v) is 2.64.